The van der Waals surface area contributed by atoms with Crippen LogP contribution < -0.4 is 5.32 Å². The normalized spacial score (nSPS) is 19.4. The molecule has 1 amide bonds. The Morgan fingerprint density at radius 3 is 2.46 bits per heavy atom. The van der Waals surface area contributed by atoms with Crippen molar-refractivity contribution in [1.29, 1.82) is 0 Å². The Morgan fingerprint density at radius 1 is 1.38 bits per heavy atom. The van der Waals surface area contributed by atoms with E-state index < -0.39 is 34.6 Å². The lowest BCUT2D eigenvalue weighted by molar-refractivity contribution is -0.125. The molecule has 1 aromatic rings. The lowest BCUT2D eigenvalue weighted by Gasteiger charge is -2.29. The first-order chi connectivity index (χ1) is 11.1. The number of anilines is 1. The number of halogens is 4. The number of carbonyl (C=O) groups excluding carboxylic acids is 1. The molecule has 0 fully saturated rings. The Morgan fingerprint density at radius 2 is 1.96 bits per heavy atom. The first-order valence-electron chi connectivity index (χ1n) is 6.95. The number of hydrogen-bond donors (Lipinski definition) is 2. The molecular weight excluding hydrogens is 367 g/mol. The minimum absolute atomic E-state index is 0.322. The van der Waals surface area contributed by atoms with Crippen molar-refractivity contribution >= 4 is 40.0 Å². The van der Waals surface area contributed by atoms with E-state index in [2.05, 4.69) is 10.4 Å². The molecule has 1 aromatic carbocycles. The monoisotopic (exact) mass is 381 g/mol. The van der Waals surface area contributed by atoms with Gasteiger partial charge in [0.1, 0.15) is 5.37 Å². The summed E-state index contributed by atoms with van der Waals surface area (Å²) in [6, 6.07) is 5.71. The first kappa shape index (κ1) is 18.9. The number of hydrazone groups is 1. The fourth-order valence-corrected chi connectivity index (χ4v) is 3.26. The Kier molecular flexibility index (Phi) is 5.67. The van der Waals surface area contributed by atoms with Gasteiger partial charge in [0.15, 0.2) is 11.1 Å². The molecule has 0 aliphatic carbocycles. The molecule has 10 heteroatoms. The van der Waals surface area contributed by atoms with Gasteiger partial charge in [-0.2, -0.15) is 18.3 Å². The number of benzene rings is 1. The maximum atomic E-state index is 12.8. The first-order valence-corrected chi connectivity index (χ1v) is 8.20. The molecule has 1 aliphatic rings. The second-order valence-electron chi connectivity index (χ2n) is 5.33. The summed E-state index contributed by atoms with van der Waals surface area (Å²) in [5.41, 5.74) is 0.375. The van der Waals surface area contributed by atoms with Crippen LogP contribution in [-0.4, -0.2) is 44.8 Å². The minimum Gasteiger partial charge on any atom is -0.380 e. The van der Waals surface area contributed by atoms with E-state index in [4.69, 9.17) is 11.6 Å². The Bertz CT molecular complexity index is 637. The van der Waals surface area contributed by atoms with Crippen molar-refractivity contribution in [3.63, 3.8) is 0 Å². The van der Waals surface area contributed by atoms with Crippen molar-refractivity contribution in [2.45, 2.75) is 37.5 Å². The number of nitrogens with one attached hydrogen (secondary N) is 1. The highest BCUT2D eigenvalue weighted by Crippen LogP contribution is 2.37. The summed E-state index contributed by atoms with van der Waals surface area (Å²) in [6.07, 6.45) is -6.32. The smallest absolute Gasteiger partial charge is 0.380 e. The van der Waals surface area contributed by atoms with E-state index >= 15 is 0 Å². The number of hydrogen-bond acceptors (Lipinski definition) is 5. The van der Waals surface area contributed by atoms with Crippen LogP contribution in [0.2, 0.25) is 5.02 Å². The van der Waals surface area contributed by atoms with Crippen molar-refractivity contribution in [3.8, 4) is 0 Å². The minimum atomic E-state index is -4.63. The van der Waals surface area contributed by atoms with Crippen LogP contribution in [0.1, 0.15) is 13.8 Å². The molecule has 5 nitrogen and oxygen atoms in total. The lowest BCUT2D eigenvalue weighted by Crippen LogP contribution is -2.45. The molecule has 132 valence electrons. The molecule has 2 atom stereocenters. The van der Waals surface area contributed by atoms with Crippen molar-refractivity contribution in [1.82, 2.24) is 5.01 Å². The molecule has 1 aliphatic heterocycles. The van der Waals surface area contributed by atoms with Crippen molar-refractivity contribution in [2.24, 2.45) is 5.10 Å². The van der Waals surface area contributed by atoms with Gasteiger partial charge in [0, 0.05) is 16.8 Å². The fraction of sp³-hybridized carbons (Fsp3) is 0.429. The van der Waals surface area contributed by atoms with E-state index in [1.165, 1.54) is 12.1 Å². The molecule has 0 bridgehead atoms. The number of alkyl halides is 3. The van der Waals surface area contributed by atoms with E-state index in [1.807, 2.05) is 0 Å². The van der Waals surface area contributed by atoms with E-state index in [-0.39, 0.29) is 0 Å². The fourth-order valence-electron chi connectivity index (χ4n) is 1.97. The predicted molar refractivity (Wildman–Crippen MR) is 87.9 cm³/mol. The summed E-state index contributed by atoms with van der Waals surface area (Å²) in [5, 5.41) is 15.4. The van der Waals surface area contributed by atoms with Crippen LogP contribution in [0.25, 0.3) is 0 Å². The van der Waals surface area contributed by atoms with Crippen LogP contribution in [0.4, 0.5) is 18.9 Å². The van der Waals surface area contributed by atoms with E-state index in [9.17, 15) is 23.1 Å². The summed E-state index contributed by atoms with van der Waals surface area (Å²) in [6.45, 7) is 3.25. The van der Waals surface area contributed by atoms with Crippen molar-refractivity contribution in [2.75, 3.05) is 5.32 Å². The molecule has 0 spiro atoms. The van der Waals surface area contributed by atoms with Crippen LogP contribution in [0.15, 0.2) is 29.4 Å². The Labute approximate surface area is 145 Å². The summed E-state index contributed by atoms with van der Waals surface area (Å²) in [7, 11) is 0. The van der Waals surface area contributed by atoms with Crippen LogP contribution in [0.5, 0.6) is 0 Å². The second kappa shape index (κ2) is 7.20. The van der Waals surface area contributed by atoms with Gasteiger partial charge >= 0.3 is 6.18 Å². The average Bonchev–Trinajstić information content (AvgIpc) is 2.94. The van der Waals surface area contributed by atoms with Crippen LogP contribution in [-0.2, 0) is 4.79 Å². The van der Waals surface area contributed by atoms with Gasteiger partial charge in [-0.3, -0.25) is 9.80 Å². The van der Waals surface area contributed by atoms with Gasteiger partial charge in [-0.15, -0.1) is 0 Å². The van der Waals surface area contributed by atoms with Crippen molar-refractivity contribution < 1.29 is 23.1 Å². The van der Waals surface area contributed by atoms with Gasteiger partial charge in [0.2, 0.25) is 0 Å². The van der Waals surface area contributed by atoms with Crippen LogP contribution >= 0.6 is 23.4 Å². The molecule has 0 saturated carbocycles. The van der Waals surface area contributed by atoms with Crippen LogP contribution in [0, 0.1) is 0 Å². The number of thioether (sulfide) groups is 1. The number of rotatable bonds is 4. The van der Waals surface area contributed by atoms with Gasteiger partial charge < -0.3 is 10.4 Å². The molecule has 2 rings (SSSR count). The van der Waals surface area contributed by atoms with Gasteiger partial charge in [-0.25, -0.2) is 0 Å². The van der Waals surface area contributed by atoms with Crippen molar-refractivity contribution in [3.05, 3.63) is 29.3 Å². The predicted octanol–water partition coefficient (Wildman–Crippen LogP) is 3.30. The summed E-state index contributed by atoms with van der Waals surface area (Å²) < 4.78 is 38.5. The maximum absolute atomic E-state index is 12.8. The molecule has 0 aromatic heterocycles. The third-order valence-corrected chi connectivity index (χ3v) is 4.63. The molecular formula is C14H15ClF3N3O2S. The highest BCUT2D eigenvalue weighted by atomic mass is 35.5. The summed E-state index contributed by atoms with van der Waals surface area (Å²) >= 11 is 6.06. The maximum Gasteiger partial charge on any atom is 0.441 e. The van der Waals surface area contributed by atoms with Gasteiger partial charge in [0.25, 0.3) is 5.91 Å². The number of nitrogens with zero attached hydrogens (tertiary/aromatic N) is 2. The molecule has 2 unspecified atom stereocenters. The molecule has 24 heavy (non-hydrogen) atoms. The number of amides is 1. The largest absolute Gasteiger partial charge is 0.441 e. The molecule has 0 saturated heterocycles. The number of aliphatic hydroxyl groups excluding tert-OH is 1. The highest BCUT2D eigenvalue weighted by Gasteiger charge is 2.47. The van der Waals surface area contributed by atoms with E-state index in [1.54, 1.807) is 26.0 Å². The van der Waals surface area contributed by atoms with E-state index in [0.717, 1.165) is 5.01 Å². The number of aliphatic hydroxyl groups is 1. The zero-order valence-electron chi connectivity index (χ0n) is 12.7. The van der Waals surface area contributed by atoms with Gasteiger partial charge in [-0.05, 0) is 38.1 Å². The SMILES string of the molecule is CC(C)N1N=C(C(F)(F)F)SC1C(O)C(=O)Nc1ccc(Cl)cc1. The Balaban J connectivity index is 2.11. The van der Waals surface area contributed by atoms with Crippen LogP contribution in [0.3, 0.4) is 0 Å². The topological polar surface area (TPSA) is 64.9 Å². The zero-order valence-corrected chi connectivity index (χ0v) is 14.3. The summed E-state index contributed by atoms with van der Waals surface area (Å²) in [5.74, 6) is -0.820. The molecule has 0 radical (unpaired) electrons. The highest BCUT2D eigenvalue weighted by molar-refractivity contribution is 8.14. The lowest BCUT2D eigenvalue weighted by atomic mass is 10.2. The zero-order chi connectivity index (χ0) is 18.1. The van der Waals surface area contributed by atoms with E-state index in [0.29, 0.717) is 22.5 Å². The molecule has 1 heterocycles. The standard InChI is InChI=1S/C14H15ClF3N3O2S/c1-7(2)21-12(24-13(20-21)14(16,17)18)10(22)11(23)19-9-5-3-8(15)4-6-9/h3-7,10,12,22H,1-2H3,(H,19,23). The molecule has 2 N–H and O–H groups in total. The Hall–Kier alpha value is -1.45. The second-order valence-corrected chi connectivity index (χ2v) is 6.87. The van der Waals surface area contributed by atoms with Gasteiger partial charge in [-0.1, -0.05) is 23.4 Å². The average molecular weight is 382 g/mol. The number of carbonyl (C=O) groups is 1. The van der Waals surface area contributed by atoms with Gasteiger partial charge in [0.05, 0.1) is 0 Å². The third kappa shape index (κ3) is 4.34. The quantitative estimate of drug-likeness (QED) is 0.840. The summed E-state index contributed by atoms with van der Waals surface area (Å²) in [4.78, 5) is 12.1. The third-order valence-electron chi connectivity index (χ3n) is 3.12.